The lowest BCUT2D eigenvalue weighted by Crippen LogP contribution is -2.60. The molecule has 1 N–H and O–H groups in total. The van der Waals surface area contributed by atoms with Gasteiger partial charge >= 0.3 is 6.18 Å². The van der Waals surface area contributed by atoms with Crippen molar-refractivity contribution >= 4 is 5.70 Å². The Balaban J connectivity index is 1.66. The van der Waals surface area contributed by atoms with E-state index >= 15 is 0 Å². The highest BCUT2D eigenvalue weighted by Crippen LogP contribution is 2.36. The molecule has 2 heterocycles. The van der Waals surface area contributed by atoms with Crippen molar-refractivity contribution in [3.05, 3.63) is 35.9 Å². The first-order chi connectivity index (χ1) is 15.0. The van der Waals surface area contributed by atoms with Crippen LogP contribution < -0.4 is 4.74 Å². The van der Waals surface area contributed by atoms with Crippen molar-refractivity contribution in [1.82, 2.24) is 9.80 Å². The van der Waals surface area contributed by atoms with E-state index in [1.165, 1.54) is 4.90 Å². The number of morpholine rings is 1. The Hall–Kier alpha value is -1.77. The van der Waals surface area contributed by atoms with Crippen molar-refractivity contribution in [2.45, 2.75) is 64.0 Å². The second kappa shape index (κ2) is 10.0. The standard InChI is InChI=1S/C24H35F3N2O3/c1-17(2)31-22-6-5-20(13-18(22)3)19(4)29-10-8-23(9-11-29)15-28(16-24(25,26)27)14-21(32-23)7-12-30/h5-6,13,17,21,30H,4,7-12,14-16H2,1-3H3. The van der Waals surface area contributed by atoms with E-state index in [-0.39, 0.29) is 31.9 Å². The van der Waals surface area contributed by atoms with E-state index in [9.17, 15) is 18.3 Å². The number of nitrogens with zero attached hydrogens (tertiary/aromatic N) is 2. The van der Waals surface area contributed by atoms with Crippen LogP contribution in [0.1, 0.15) is 44.2 Å². The van der Waals surface area contributed by atoms with Crippen LogP contribution in [0, 0.1) is 6.92 Å². The van der Waals surface area contributed by atoms with Gasteiger partial charge in [-0.15, -0.1) is 0 Å². The van der Waals surface area contributed by atoms with Crippen LogP contribution in [-0.2, 0) is 4.74 Å². The molecule has 180 valence electrons. The van der Waals surface area contributed by atoms with Gasteiger partial charge in [0.1, 0.15) is 5.75 Å². The van der Waals surface area contributed by atoms with E-state index in [4.69, 9.17) is 9.47 Å². The van der Waals surface area contributed by atoms with Gasteiger partial charge in [-0.1, -0.05) is 6.58 Å². The van der Waals surface area contributed by atoms with Crippen molar-refractivity contribution in [2.24, 2.45) is 0 Å². The Morgan fingerprint density at radius 2 is 2.00 bits per heavy atom. The fraction of sp³-hybridized carbons (Fsp3) is 0.667. The fourth-order valence-corrected chi connectivity index (χ4v) is 4.71. The molecule has 0 saturated carbocycles. The molecule has 1 aromatic rings. The number of likely N-dealkylation sites (tertiary alicyclic amines) is 1. The van der Waals surface area contributed by atoms with E-state index in [2.05, 4.69) is 17.5 Å². The number of halogens is 3. The number of aryl methyl sites for hydroxylation is 1. The van der Waals surface area contributed by atoms with Crippen molar-refractivity contribution < 1.29 is 27.8 Å². The number of aliphatic hydroxyl groups excluding tert-OH is 1. The molecule has 2 aliphatic heterocycles. The van der Waals surface area contributed by atoms with Crippen LogP contribution in [0.2, 0.25) is 0 Å². The predicted molar refractivity (Wildman–Crippen MR) is 119 cm³/mol. The summed E-state index contributed by atoms with van der Waals surface area (Å²) >= 11 is 0. The van der Waals surface area contributed by atoms with Gasteiger partial charge in [0.15, 0.2) is 0 Å². The zero-order valence-corrected chi connectivity index (χ0v) is 19.2. The maximum absolute atomic E-state index is 13.0. The SMILES string of the molecule is C=C(c1ccc(OC(C)C)c(C)c1)N1CCC2(CC1)CN(CC(F)(F)F)CC(CCO)O2. The Morgan fingerprint density at radius 1 is 1.31 bits per heavy atom. The van der Waals surface area contributed by atoms with E-state index in [1.807, 2.05) is 32.9 Å². The number of hydrogen-bond acceptors (Lipinski definition) is 5. The van der Waals surface area contributed by atoms with Gasteiger partial charge in [0.05, 0.1) is 24.4 Å². The highest BCUT2D eigenvalue weighted by Gasteiger charge is 2.45. The summed E-state index contributed by atoms with van der Waals surface area (Å²) in [5, 5.41) is 9.31. The normalized spacial score (nSPS) is 21.9. The molecule has 2 aliphatic rings. The summed E-state index contributed by atoms with van der Waals surface area (Å²) in [6.07, 6.45) is -2.95. The molecule has 0 radical (unpaired) electrons. The van der Waals surface area contributed by atoms with E-state index in [0.717, 1.165) is 22.6 Å². The minimum absolute atomic E-state index is 0.0978. The summed E-state index contributed by atoms with van der Waals surface area (Å²) in [5.74, 6) is 0.851. The topological polar surface area (TPSA) is 45.2 Å². The molecule has 0 aliphatic carbocycles. The van der Waals surface area contributed by atoms with Crippen LogP contribution in [0.15, 0.2) is 24.8 Å². The van der Waals surface area contributed by atoms with E-state index in [0.29, 0.717) is 32.4 Å². The van der Waals surface area contributed by atoms with Crippen molar-refractivity contribution in [3.63, 3.8) is 0 Å². The molecule has 1 aromatic carbocycles. The van der Waals surface area contributed by atoms with E-state index in [1.54, 1.807) is 0 Å². The molecule has 1 spiro atoms. The second-order valence-corrected chi connectivity index (χ2v) is 9.30. The maximum atomic E-state index is 13.0. The molecule has 2 saturated heterocycles. The molecular weight excluding hydrogens is 421 g/mol. The van der Waals surface area contributed by atoms with Crippen LogP contribution in [0.5, 0.6) is 5.75 Å². The highest BCUT2D eigenvalue weighted by molar-refractivity contribution is 5.64. The average molecular weight is 457 g/mol. The highest BCUT2D eigenvalue weighted by atomic mass is 19.4. The van der Waals surface area contributed by atoms with Gasteiger partial charge in [-0.05, 0) is 69.4 Å². The summed E-state index contributed by atoms with van der Waals surface area (Å²) in [5.41, 5.74) is 2.33. The zero-order chi connectivity index (χ0) is 23.5. The van der Waals surface area contributed by atoms with Gasteiger partial charge in [0, 0.05) is 38.5 Å². The first-order valence-corrected chi connectivity index (χ1v) is 11.3. The Morgan fingerprint density at radius 3 is 2.56 bits per heavy atom. The second-order valence-electron chi connectivity index (χ2n) is 9.30. The maximum Gasteiger partial charge on any atom is 0.401 e. The monoisotopic (exact) mass is 456 g/mol. The number of hydrogen-bond donors (Lipinski definition) is 1. The zero-order valence-electron chi connectivity index (χ0n) is 19.2. The Kier molecular flexibility index (Phi) is 7.78. The lowest BCUT2D eigenvalue weighted by atomic mass is 9.87. The third kappa shape index (κ3) is 6.39. The van der Waals surface area contributed by atoms with Crippen LogP contribution in [0.25, 0.3) is 5.70 Å². The predicted octanol–water partition coefficient (Wildman–Crippen LogP) is 4.23. The first-order valence-electron chi connectivity index (χ1n) is 11.3. The largest absolute Gasteiger partial charge is 0.491 e. The number of aliphatic hydroxyl groups is 1. The van der Waals surface area contributed by atoms with Crippen LogP contribution in [0.3, 0.4) is 0 Å². The molecule has 3 rings (SSSR count). The summed E-state index contributed by atoms with van der Waals surface area (Å²) in [6, 6.07) is 6.01. The summed E-state index contributed by atoms with van der Waals surface area (Å²) in [7, 11) is 0. The number of piperidine rings is 1. The van der Waals surface area contributed by atoms with Crippen molar-refractivity contribution in [3.8, 4) is 5.75 Å². The Labute approximate surface area is 188 Å². The van der Waals surface area contributed by atoms with E-state index < -0.39 is 18.3 Å². The molecule has 1 unspecified atom stereocenters. The van der Waals surface area contributed by atoms with Crippen LogP contribution in [0.4, 0.5) is 13.2 Å². The van der Waals surface area contributed by atoms with Gasteiger partial charge in [0.25, 0.3) is 0 Å². The molecule has 0 bridgehead atoms. The van der Waals surface area contributed by atoms with Crippen molar-refractivity contribution in [1.29, 1.82) is 0 Å². The van der Waals surface area contributed by atoms with Crippen LogP contribution >= 0.6 is 0 Å². The number of alkyl halides is 3. The Bertz CT molecular complexity index is 789. The number of ether oxygens (including phenoxy) is 2. The van der Waals surface area contributed by atoms with Gasteiger partial charge in [0.2, 0.25) is 0 Å². The minimum atomic E-state index is -4.25. The van der Waals surface area contributed by atoms with Gasteiger partial charge in [-0.3, -0.25) is 4.90 Å². The molecule has 32 heavy (non-hydrogen) atoms. The number of rotatable bonds is 7. The first kappa shape index (κ1) is 24.9. The third-order valence-corrected chi connectivity index (χ3v) is 6.17. The molecule has 0 aromatic heterocycles. The van der Waals surface area contributed by atoms with Crippen molar-refractivity contribution in [2.75, 3.05) is 39.3 Å². The minimum Gasteiger partial charge on any atom is -0.491 e. The van der Waals surface area contributed by atoms with Gasteiger partial charge in [-0.2, -0.15) is 13.2 Å². The molecule has 1 atom stereocenters. The lowest BCUT2D eigenvalue weighted by Gasteiger charge is -2.50. The summed E-state index contributed by atoms with van der Waals surface area (Å²) in [6.45, 7) is 11.0. The molecule has 0 amide bonds. The average Bonchev–Trinajstić information content (AvgIpc) is 2.68. The number of benzene rings is 1. The lowest BCUT2D eigenvalue weighted by molar-refractivity contribution is -0.205. The molecule has 2 fully saturated rings. The van der Waals surface area contributed by atoms with Gasteiger partial charge < -0.3 is 19.5 Å². The molecule has 8 heteroatoms. The molecule has 5 nitrogen and oxygen atoms in total. The van der Waals surface area contributed by atoms with Gasteiger partial charge in [-0.25, -0.2) is 0 Å². The third-order valence-electron chi connectivity index (χ3n) is 6.17. The van der Waals surface area contributed by atoms with Crippen LogP contribution in [-0.4, -0.2) is 78.2 Å². The summed E-state index contributed by atoms with van der Waals surface area (Å²) in [4.78, 5) is 3.61. The smallest absolute Gasteiger partial charge is 0.401 e. The fourth-order valence-electron chi connectivity index (χ4n) is 4.71. The summed E-state index contributed by atoms with van der Waals surface area (Å²) < 4.78 is 51.2. The molecular formula is C24H35F3N2O3. The quantitative estimate of drug-likeness (QED) is 0.665.